The second-order valence-corrected chi connectivity index (χ2v) is 3.72. The largest absolute Gasteiger partial charge is 1.00 e. The molecule has 0 N–H and O–H groups in total. The monoisotopic (exact) mass is 163 g/mol. The normalized spacial score (nSPS) is 8.44. The molecule has 0 amide bonds. The molecular weight excluding hydrogens is 149 g/mol. The predicted molar refractivity (Wildman–Crippen MR) is 39.2 cm³/mol. The van der Waals surface area contributed by atoms with Crippen molar-refractivity contribution in [2.24, 2.45) is 0 Å². The van der Waals surface area contributed by atoms with Crippen LogP contribution in [-0.2, 0) is 0 Å². The Balaban J connectivity index is 0. The van der Waals surface area contributed by atoms with Crippen LogP contribution in [0.25, 0.3) is 0 Å². The molecule has 0 bridgehead atoms. The molecule has 0 rings (SSSR count). The van der Waals surface area contributed by atoms with E-state index in [1.54, 1.807) is 0 Å². The smallest absolute Gasteiger partial charge is 1.00 e. The molecule has 0 fully saturated rings. The zero-order valence-electron chi connectivity index (χ0n) is 6.52. The summed E-state index contributed by atoms with van der Waals surface area (Å²) < 4.78 is 2.51. The molecule has 0 aromatic rings. The summed E-state index contributed by atoms with van der Waals surface area (Å²) in [4.78, 5) is 0. The number of halogens is 1. The summed E-state index contributed by atoms with van der Waals surface area (Å²) in [6.45, 7) is 9.19. The zero-order valence-corrected chi connectivity index (χ0v) is 8.43. The predicted octanol–water partition coefficient (Wildman–Crippen LogP) is -1.61. The first kappa shape index (κ1) is 12.5. The second-order valence-electron chi connectivity index (χ2n) is 1.81. The topological polar surface area (TPSA) is 3.24 Å². The fourth-order valence-corrected chi connectivity index (χ4v) is 1.77. The maximum atomic E-state index is 2.51. The van der Waals surface area contributed by atoms with Gasteiger partial charge in [0.05, 0.1) is 0 Å². The molecule has 0 spiro atoms. The van der Waals surface area contributed by atoms with Gasteiger partial charge in [-0.1, -0.05) is 0 Å². The van der Waals surface area contributed by atoms with E-state index >= 15 is 0 Å². The third-order valence-corrected chi connectivity index (χ3v) is 2.86. The average molecular weight is 164 g/mol. The molecule has 0 radical (unpaired) electrons. The van der Waals surface area contributed by atoms with Gasteiger partial charge in [-0.25, -0.2) is 0 Å². The van der Waals surface area contributed by atoms with Gasteiger partial charge in [0.25, 0.3) is 0 Å². The van der Waals surface area contributed by atoms with Gasteiger partial charge in [-0.3, -0.25) is 0 Å². The third kappa shape index (κ3) is 6.67. The Morgan fingerprint density at radius 2 is 1.56 bits per heavy atom. The second kappa shape index (κ2) is 8.78. The molecule has 0 aliphatic heterocycles. The van der Waals surface area contributed by atoms with Crippen LogP contribution in [0.1, 0.15) is 20.8 Å². The van der Waals surface area contributed by atoms with Crippen molar-refractivity contribution < 1.29 is 12.4 Å². The Kier molecular flexibility index (Phi) is 12.2. The molecule has 0 saturated heterocycles. The molecule has 54 valence electrons. The van der Waals surface area contributed by atoms with Gasteiger partial charge in [0.2, 0.25) is 0 Å². The minimum atomic E-state index is 0. The Morgan fingerprint density at radius 1 is 1.11 bits per heavy atom. The molecule has 0 aromatic heterocycles. The van der Waals surface area contributed by atoms with Gasteiger partial charge in [0, 0.05) is 0 Å². The van der Waals surface area contributed by atoms with Crippen LogP contribution in [0.5, 0.6) is 0 Å². The first-order chi connectivity index (χ1) is 3.85. The van der Waals surface area contributed by atoms with Crippen molar-refractivity contribution >= 4 is 15.4 Å². The van der Waals surface area contributed by atoms with Crippen LogP contribution in [0.3, 0.4) is 0 Å². The summed E-state index contributed by atoms with van der Waals surface area (Å²) in [7, 11) is 0. The molecule has 0 aliphatic carbocycles. The van der Waals surface area contributed by atoms with E-state index in [0.29, 0.717) is 15.4 Å². The van der Waals surface area contributed by atoms with Crippen molar-refractivity contribution in [3.05, 3.63) is 0 Å². The van der Waals surface area contributed by atoms with Crippen LogP contribution in [-0.4, -0.2) is 32.4 Å². The Hall–Kier alpha value is 0.782. The van der Waals surface area contributed by atoms with Crippen molar-refractivity contribution in [2.75, 3.05) is 13.1 Å². The van der Waals surface area contributed by atoms with Crippen molar-refractivity contribution in [2.45, 2.75) is 26.1 Å². The summed E-state index contributed by atoms with van der Waals surface area (Å²) in [5, 5.41) is 1.36. The van der Waals surface area contributed by atoms with Crippen molar-refractivity contribution in [3.63, 3.8) is 0 Å². The molecular formula is C6H15AlClN. The van der Waals surface area contributed by atoms with Gasteiger partial charge < -0.3 is 12.4 Å². The molecule has 0 atom stereocenters. The molecule has 0 saturated carbocycles. The summed E-state index contributed by atoms with van der Waals surface area (Å²) >= 11 is 0.604. The molecule has 0 aliphatic rings. The summed E-state index contributed by atoms with van der Waals surface area (Å²) in [5.74, 6) is 0. The fraction of sp³-hybridized carbons (Fsp3) is 1.00. The van der Waals surface area contributed by atoms with Crippen LogP contribution in [0.15, 0.2) is 0 Å². The van der Waals surface area contributed by atoms with Crippen molar-refractivity contribution in [3.8, 4) is 0 Å². The molecule has 0 heterocycles. The zero-order chi connectivity index (χ0) is 6.41. The van der Waals surface area contributed by atoms with Gasteiger partial charge in [-0.2, -0.15) is 0 Å². The van der Waals surface area contributed by atoms with Crippen molar-refractivity contribution in [1.82, 2.24) is 3.88 Å². The van der Waals surface area contributed by atoms with Gasteiger partial charge in [-0.05, 0) is 0 Å². The Labute approximate surface area is 71.2 Å². The summed E-state index contributed by atoms with van der Waals surface area (Å²) in [6, 6.07) is 0. The van der Waals surface area contributed by atoms with E-state index in [9.17, 15) is 0 Å². The minimum Gasteiger partial charge on any atom is -1.00 e. The molecule has 9 heavy (non-hydrogen) atoms. The first-order valence-corrected chi connectivity index (χ1v) is 4.75. The molecule has 0 unspecified atom stereocenters. The molecule has 0 aromatic carbocycles. The first-order valence-electron chi connectivity index (χ1n) is 3.42. The Morgan fingerprint density at radius 3 is 1.67 bits per heavy atom. The average Bonchev–Trinajstić information content (AvgIpc) is 1.83. The van der Waals surface area contributed by atoms with E-state index < -0.39 is 0 Å². The van der Waals surface area contributed by atoms with E-state index in [-0.39, 0.29) is 12.4 Å². The van der Waals surface area contributed by atoms with Crippen LogP contribution in [0.2, 0.25) is 5.28 Å². The third-order valence-electron chi connectivity index (χ3n) is 1.25. The van der Waals surface area contributed by atoms with E-state index in [1.807, 2.05) is 0 Å². The SMILES string of the molecule is C[CH2][Al+][N](CC)CC.[Cl-]. The van der Waals surface area contributed by atoms with Gasteiger partial charge in [0.1, 0.15) is 0 Å². The quantitative estimate of drug-likeness (QED) is 0.451. The van der Waals surface area contributed by atoms with Gasteiger partial charge in [-0.15, -0.1) is 0 Å². The summed E-state index contributed by atoms with van der Waals surface area (Å²) in [5.41, 5.74) is 0. The molecule has 3 heteroatoms. The number of nitrogens with zero attached hydrogens (tertiary/aromatic N) is 1. The van der Waals surface area contributed by atoms with Crippen molar-refractivity contribution in [1.29, 1.82) is 0 Å². The van der Waals surface area contributed by atoms with Crippen LogP contribution in [0, 0.1) is 0 Å². The van der Waals surface area contributed by atoms with Gasteiger partial charge in [0.15, 0.2) is 0 Å². The standard InChI is InChI=1S/C4H10N.C2H5.Al.ClH/c1-3-5-4-2;1-2;;/h3-4H2,1-2H3;1H2,2H3;;1H/q-1;;+2;/p-1. The minimum absolute atomic E-state index is 0. The molecule has 1 nitrogen and oxygen atoms in total. The maximum absolute atomic E-state index is 2.51. The van der Waals surface area contributed by atoms with Crippen LogP contribution < -0.4 is 12.4 Å². The van der Waals surface area contributed by atoms with E-state index in [1.165, 1.54) is 18.4 Å². The maximum Gasteiger partial charge on any atom is -1.00 e. The van der Waals surface area contributed by atoms with E-state index in [2.05, 4.69) is 24.7 Å². The summed E-state index contributed by atoms with van der Waals surface area (Å²) in [6.07, 6.45) is 0. The fourth-order valence-electron chi connectivity index (χ4n) is 0.740. The van der Waals surface area contributed by atoms with E-state index in [0.717, 1.165) is 0 Å². The Bertz CT molecular complexity index is 48.3. The van der Waals surface area contributed by atoms with Crippen LogP contribution in [0.4, 0.5) is 0 Å². The number of hydrogen-bond acceptors (Lipinski definition) is 1. The van der Waals surface area contributed by atoms with E-state index in [4.69, 9.17) is 0 Å². The van der Waals surface area contributed by atoms with Crippen LogP contribution >= 0.6 is 0 Å². The number of rotatable bonds is 4. The van der Waals surface area contributed by atoms with Gasteiger partial charge >= 0.3 is 58.5 Å². The number of hydrogen-bond donors (Lipinski definition) is 0.